The van der Waals surface area contributed by atoms with Crippen LogP contribution in [0.3, 0.4) is 0 Å². The molecule has 1 saturated carbocycles. The van der Waals surface area contributed by atoms with Gasteiger partial charge < -0.3 is 10.1 Å². The van der Waals surface area contributed by atoms with Gasteiger partial charge in [0.1, 0.15) is 0 Å². The lowest BCUT2D eigenvalue weighted by Crippen LogP contribution is -2.25. The zero-order chi connectivity index (χ0) is 21.2. The summed E-state index contributed by atoms with van der Waals surface area (Å²) < 4.78 is 7.08. The zero-order valence-electron chi connectivity index (χ0n) is 17.8. The fraction of sp³-hybridized carbons (Fsp3) is 0.500. The van der Waals surface area contributed by atoms with Crippen LogP contribution in [0.25, 0.3) is 0 Å². The number of anilines is 2. The molecule has 1 aromatic carbocycles. The van der Waals surface area contributed by atoms with Crippen LogP contribution in [0.5, 0.6) is 0 Å². The number of nitrogens with one attached hydrogen (secondary N) is 2. The van der Waals surface area contributed by atoms with E-state index in [1.165, 1.54) is 0 Å². The molecule has 0 unspecified atom stereocenters. The number of nitrogens with zero attached hydrogens (tertiary/aromatic N) is 2. The second kappa shape index (κ2) is 8.27. The Labute approximate surface area is 171 Å². The number of hydrogen-bond donors (Lipinski definition) is 2. The summed E-state index contributed by atoms with van der Waals surface area (Å²) in [6.45, 7) is 10.5. The molecule has 1 fully saturated rings. The van der Waals surface area contributed by atoms with Gasteiger partial charge in [0.15, 0.2) is 5.69 Å². The standard InChI is InChI=1S/C22H30N4O3/c1-14(2)13-29-21(28)24-17-8-6-7-16(11-17)23-20(27)18-12-19(15-9-10-15)26(25-18)22(3,4)5/h6-8,11-12,14-15H,9-10,13H2,1-5H3,(H,23,27)(H,24,28). The Morgan fingerprint density at radius 2 is 1.83 bits per heavy atom. The van der Waals surface area contributed by atoms with E-state index < -0.39 is 6.09 Å². The molecule has 0 saturated heterocycles. The lowest BCUT2D eigenvalue weighted by atomic mass is 10.1. The highest BCUT2D eigenvalue weighted by Crippen LogP contribution is 2.41. The molecule has 2 aromatic rings. The van der Waals surface area contributed by atoms with Gasteiger partial charge in [0.25, 0.3) is 5.91 Å². The minimum Gasteiger partial charge on any atom is -0.449 e. The van der Waals surface area contributed by atoms with Crippen LogP contribution in [0.4, 0.5) is 16.2 Å². The van der Waals surface area contributed by atoms with Gasteiger partial charge in [0.05, 0.1) is 12.1 Å². The quantitative estimate of drug-likeness (QED) is 0.719. The van der Waals surface area contributed by atoms with Crippen molar-refractivity contribution in [1.29, 1.82) is 0 Å². The number of ether oxygens (including phenoxy) is 1. The van der Waals surface area contributed by atoms with Crippen LogP contribution in [0.1, 0.15) is 69.6 Å². The molecule has 1 aliphatic rings. The maximum Gasteiger partial charge on any atom is 0.411 e. The van der Waals surface area contributed by atoms with E-state index in [-0.39, 0.29) is 17.4 Å². The fourth-order valence-electron chi connectivity index (χ4n) is 2.98. The monoisotopic (exact) mass is 398 g/mol. The Balaban J connectivity index is 1.69. The Morgan fingerprint density at radius 3 is 2.41 bits per heavy atom. The highest BCUT2D eigenvalue weighted by molar-refractivity contribution is 6.03. The predicted octanol–water partition coefficient (Wildman–Crippen LogP) is 4.97. The van der Waals surface area contributed by atoms with Crippen LogP contribution in [0, 0.1) is 5.92 Å². The van der Waals surface area contributed by atoms with Crippen molar-refractivity contribution in [2.45, 2.75) is 58.9 Å². The van der Waals surface area contributed by atoms with Crippen LogP contribution < -0.4 is 10.6 Å². The lowest BCUT2D eigenvalue weighted by molar-refractivity contribution is 0.102. The van der Waals surface area contributed by atoms with Crippen molar-refractivity contribution >= 4 is 23.4 Å². The van der Waals surface area contributed by atoms with Crippen LogP contribution in [-0.2, 0) is 10.3 Å². The van der Waals surface area contributed by atoms with Crippen molar-refractivity contribution in [2.24, 2.45) is 5.92 Å². The first-order valence-corrected chi connectivity index (χ1v) is 10.1. The third-order valence-corrected chi connectivity index (χ3v) is 4.52. The first kappa shape index (κ1) is 20.9. The predicted molar refractivity (Wildman–Crippen MR) is 113 cm³/mol. The Morgan fingerprint density at radius 1 is 1.17 bits per heavy atom. The first-order chi connectivity index (χ1) is 13.6. The fourth-order valence-corrected chi connectivity index (χ4v) is 2.98. The lowest BCUT2D eigenvalue weighted by Gasteiger charge is -2.22. The minimum atomic E-state index is -0.514. The molecule has 0 bridgehead atoms. The molecule has 29 heavy (non-hydrogen) atoms. The van der Waals surface area contributed by atoms with Crippen molar-refractivity contribution in [3.8, 4) is 0 Å². The third-order valence-electron chi connectivity index (χ3n) is 4.52. The summed E-state index contributed by atoms with van der Waals surface area (Å²) in [5.74, 6) is 0.488. The number of amides is 2. The van der Waals surface area contributed by atoms with Gasteiger partial charge in [-0.05, 0) is 63.8 Å². The highest BCUT2D eigenvalue weighted by atomic mass is 16.5. The van der Waals surface area contributed by atoms with E-state index in [1.807, 2.05) is 24.6 Å². The molecular weight excluding hydrogens is 368 g/mol. The van der Waals surface area contributed by atoms with E-state index in [9.17, 15) is 9.59 Å². The maximum absolute atomic E-state index is 12.8. The van der Waals surface area contributed by atoms with Gasteiger partial charge in [0, 0.05) is 23.0 Å². The van der Waals surface area contributed by atoms with Gasteiger partial charge in [-0.1, -0.05) is 19.9 Å². The molecule has 3 rings (SSSR count). The first-order valence-electron chi connectivity index (χ1n) is 10.1. The molecule has 0 aliphatic heterocycles. The number of carbonyl (C=O) groups is 2. The van der Waals surface area contributed by atoms with Crippen molar-refractivity contribution in [3.05, 3.63) is 41.7 Å². The maximum atomic E-state index is 12.8. The largest absolute Gasteiger partial charge is 0.449 e. The Hall–Kier alpha value is -2.83. The van der Waals surface area contributed by atoms with Crippen molar-refractivity contribution in [1.82, 2.24) is 9.78 Å². The third kappa shape index (κ3) is 5.59. The molecule has 0 spiro atoms. The van der Waals surface area contributed by atoms with E-state index in [2.05, 4.69) is 36.5 Å². The Kier molecular flexibility index (Phi) is 5.96. The SMILES string of the molecule is CC(C)COC(=O)Nc1cccc(NC(=O)c2cc(C3CC3)n(C(C)(C)C)n2)c1. The number of carbonyl (C=O) groups excluding carboxylic acids is 2. The number of hydrogen-bond acceptors (Lipinski definition) is 4. The second-order valence-electron chi connectivity index (χ2n) is 8.96. The molecule has 7 heteroatoms. The normalized spacial score (nSPS) is 14.0. The number of aromatic nitrogens is 2. The Bertz CT molecular complexity index is 892. The smallest absolute Gasteiger partial charge is 0.411 e. The molecule has 156 valence electrons. The molecule has 0 radical (unpaired) electrons. The van der Waals surface area contributed by atoms with Gasteiger partial charge in [-0.25, -0.2) is 4.79 Å². The van der Waals surface area contributed by atoms with Crippen LogP contribution >= 0.6 is 0 Å². The summed E-state index contributed by atoms with van der Waals surface area (Å²) in [4.78, 5) is 24.6. The van der Waals surface area contributed by atoms with Crippen molar-refractivity contribution in [3.63, 3.8) is 0 Å². The molecule has 1 aromatic heterocycles. The zero-order valence-corrected chi connectivity index (χ0v) is 17.8. The molecule has 2 amide bonds. The molecule has 1 heterocycles. The molecule has 7 nitrogen and oxygen atoms in total. The van der Waals surface area contributed by atoms with E-state index in [1.54, 1.807) is 24.3 Å². The van der Waals surface area contributed by atoms with Crippen LogP contribution in [0.2, 0.25) is 0 Å². The average Bonchev–Trinajstić information content (AvgIpc) is 3.37. The summed E-state index contributed by atoms with van der Waals surface area (Å²) in [5, 5.41) is 10.1. The number of benzene rings is 1. The van der Waals surface area contributed by atoms with E-state index in [4.69, 9.17) is 4.74 Å². The van der Waals surface area contributed by atoms with E-state index in [0.717, 1.165) is 18.5 Å². The average molecular weight is 399 g/mol. The topological polar surface area (TPSA) is 85.3 Å². The van der Waals surface area contributed by atoms with Gasteiger partial charge in [-0.3, -0.25) is 14.8 Å². The van der Waals surface area contributed by atoms with Gasteiger partial charge in [0.2, 0.25) is 0 Å². The van der Waals surface area contributed by atoms with Gasteiger partial charge in [-0.15, -0.1) is 0 Å². The molecule has 2 N–H and O–H groups in total. The van der Waals surface area contributed by atoms with Crippen LogP contribution in [0.15, 0.2) is 30.3 Å². The highest BCUT2D eigenvalue weighted by Gasteiger charge is 2.32. The number of rotatable bonds is 6. The summed E-state index contributed by atoms with van der Waals surface area (Å²) in [7, 11) is 0. The summed E-state index contributed by atoms with van der Waals surface area (Å²) in [6, 6.07) is 8.86. The van der Waals surface area contributed by atoms with Gasteiger partial charge >= 0.3 is 6.09 Å². The summed E-state index contributed by atoms with van der Waals surface area (Å²) in [6.07, 6.45) is 1.77. The van der Waals surface area contributed by atoms with Crippen LogP contribution in [-0.4, -0.2) is 28.4 Å². The summed E-state index contributed by atoms with van der Waals surface area (Å²) in [5.41, 5.74) is 2.46. The minimum absolute atomic E-state index is 0.184. The summed E-state index contributed by atoms with van der Waals surface area (Å²) >= 11 is 0. The van der Waals surface area contributed by atoms with E-state index in [0.29, 0.717) is 29.6 Å². The second-order valence-corrected chi connectivity index (χ2v) is 8.96. The van der Waals surface area contributed by atoms with Crippen molar-refractivity contribution in [2.75, 3.05) is 17.2 Å². The molecule has 0 atom stereocenters. The van der Waals surface area contributed by atoms with E-state index >= 15 is 0 Å². The molecule has 1 aliphatic carbocycles. The van der Waals surface area contributed by atoms with Gasteiger partial charge in [-0.2, -0.15) is 5.10 Å². The van der Waals surface area contributed by atoms with Crippen molar-refractivity contribution < 1.29 is 14.3 Å². The molecular formula is C22H30N4O3.